The summed E-state index contributed by atoms with van der Waals surface area (Å²) >= 11 is 0. The lowest BCUT2D eigenvalue weighted by Gasteiger charge is -2.53. The van der Waals surface area contributed by atoms with Crippen molar-refractivity contribution in [2.75, 3.05) is 48.8 Å². The molecule has 4 N–H and O–H groups in total. The third-order valence-electron chi connectivity index (χ3n) is 6.95. The molecule has 1 aliphatic carbocycles. The van der Waals surface area contributed by atoms with E-state index in [1.807, 2.05) is 6.07 Å². The summed E-state index contributed by atoms with van der Waals surface area (Å²) in [4.78, 5) is 20.5. The Kier molecular flexibility index (Phi) is 5.32. The molecule has 1 aromatic carbocycles. The van der Waals surface area contributed by atoms with Crippen molar-refractivity contribution in [3.63, 3.8) is 0 Å². The highest BCUT2D eigenvalue weighted by Crippen LogP contribution is 2.41. The number of nitrogens with two attached hydrogens (primary N) is 1. The van der Waals surface area contributed by atoms with Crippen molar-refractivity contribution in [1.82, 2.24) is 20.1 Å². The Morgan fingerprint density at radius 3 is 2.56 bits per heavy atom. The van der Waals surface area contributed by atoms with Gasteiger partial charge in [-0.1, -0.05) is 0 Å². The van der Waals surface area contributed by atoms with Crippen LogP contribution in [0.1, 0.15) is 42.6 Å². The van der Waals surface area contributed by atoms with Gasteiger partial charge in [0.2, 0.25) is 5.95 Å². The average Bonchev–Trinajstić information content (AvgIpc) is 2.71. The van der Waals surface area contributed by atoms with Gasteiger partial charge in [0.1, 0.15) is 5.82 Å². The van der Waals surface area contributed by atoms with E-state index in [0.29, 0.717) is 22.6 Å². The quantitative estimate of drug-likeness (QED) is 0.628. The third-order valence-corrected chi connectivity index (χ3v) is 6.95. The largest absolute Gasteiger partial charge is 0.369 e. The first-order valence-corrected chi connectivity index (χ1v) is 11.2. The number of hydrogen-bond donors (Lipinski definition) is 3. The first kappa shape index (κ1) is 20.9. The molecule has 1 amide bonds. The zero-order chi connectivity index (χ0) is 22.3. The molecule has 3 fully saturated rings. The number of anilines is 4. The minimum atomic E-state index is -0.689. The highest BCUT2D eigenvalue weighted by molar-refractivity contribution is 5.95. The smallest absolute Gasteiger partial charge is 0.273 e. The van der Waals surface area contributed by atoms with Gasteiger partial charge in [0.15, 0.2) is 11.5 Å². The van der Waals surface area contributed by atoms with Crippen molar-refractivity contribution in [2.45, 2.75) is 38.1 Å². The van der Waals surface area contributed by atoms with Crippen LogP contribution in [0.15, 0.2) is 18.2 Å². The highest BCUT2D eigenvalue weighted by Gasteiger charge is 2.43. The maximum absolute atomic E-state index is 14.9. The number of nitrogens with zero attached hydrogens (tertiary/aromatic N) is 5. The van der Waals surface area contributed by atoms with Gasteiger partial charge < -0.3 is 26.2 Å². The highest BCUT2D eigenvalue weighted by atomic mass is 19.1. The van der Waals surface area contributed by atoms with E-state index in [-0.39, 0.29) is 23.5 Å². The molecule has 3 aliphatic rings. The third kappa shape index (κ3) is 4.06. The Bertz CT molecular complexity index is 1010. The second-order valence-corrected chi connectivity index (χ2v) is 9.42. The summed E-state index contributed by atoms with van der Waals surface area (Å²) in [5, 5.41) is 14.0. The Balaban J connectivity index is 1.27. The molecule has 0 atom stereocenters. The zero-order valence-corrected chi connectivity index (χ0v) is 18.3. The summed E-state index contributed by atoms with van der Waals surface area (Å²) in [7, 11) is 2.15. The summed E-state index contributed by atoms with van der Waals surface area (Å²) < 4.78 is 14.9. The summed E-state index contributed by atoms with van der Waals surface area (Å²) in [6.45, 7) is 4.03. The number of carbonyl (C=O) groups is 1. The number of primary amides is 1. The van der Waals surface area contributed by atoms with Crippen molar-refractivity contribution in [2.24, 2.45) is 11.1 Å². The van der Waals surface area contributed by atoms with Gasteiger partial charge in [-0.05, 0) is 62.8 Å². The van der Waals surface area contributed by atoms with E-state index < -0.39 is 5.91 Å². The monoisotopic (exact) mass is 440 g/mol. The second-order valence-electron chi connectivity index (χ2n) is 9.42. The van der Waals surface area contributed by atoms with Crippen LogP contribution in [0.25, 0.3) is 0 Å². The van der Waals surface area contributed by atoms with Gasteiger partial charge in [-0.25, -0.2) is 4.39 Å². The number of carbonyl (C=O) groups excluding carboxylic acids is 1. The van der Waals surface area contributed by atoms with Crippen LogP contribution < -0.4 is 21.3 Å². The molecule has 2 saturated heterocycles. The van der Waals surface area contributed by atoms with Crippen molar-refractivity contribution >= 4 is 29.0 Å². The minimum Gasteiger partial charge on any atom is -0.369 e. The summed E-state index contributed by atoms with van der Waals surface area (Å²) in [6, 6.07) is 5.30. The Labute approximate surface area is 186 Å². The number of rotatable bonds is 6. The van der Waals surface area contributed by atoms with Crippen LogP contribution in [-0.4, -0.2) is 65.3 Å². The van der Waals surface area contributed by atoms with E-state index in [9.17, 15) is 9.18 Å². The molecule has 10 heteroatoms. The predicted molar refractivity (Wildman–Crippen MR) is 121 cm³/mol. The van der Waals surface area contributed by atoms with Gasteiger partial charge in [0.05, 0.1) is 5.69 Å². The molecule has 3 heterocycles. The fraction of sp³-hybridized carbons (Fsp3) is 0.545. The molecular formula is C22H29FN8O. The standard InChI is InChI=1S/C22H29FN8O/c1-30-12-22(13-30)7-9-31(10-8-22)17-6-5-15(11-16(17)23)26-21-27-20(25-14-3-2-4-14)18(19(24)32)28-29-21/h5-6,11,14H,2-4,7-10,12-13H2,1H3,(H2,24,32)(H2,25,26,27,29). The van der Waals surface area contributed by atoms with Crippen LogP contribution in [0, 0.1) is 11.2 Å². The normalized spacial score (nSPS) is 20.5. The van der Waals surface area contributed by atoms with E-state index in [1.54, 1.807) is 6.07 Å². The molecule has 170 valence electrons. The molecule has 0 bridgehead atoms. The summed E-state index contributed by atoms with van der Waals surface area (Å²) in [5.74, 6) is -0.490. The van der Waals surface area contributed by atoms with Crippen LogP contribution in [0.5, 0.6) is 0 Å². The van der Waals surface area contributed by atoms with Gasteiger partial charge >= 0.3 is 0 Å². The molecule has 1 aromatic heterocycles. The summed E-state index contributed by atoms with van der Waals surface area (Å²) in [5.41, 5.74) is 6.96. The lowest BCUT2D eigenvalue weighted by atomic mass is 9.72. The topological polar surface area (TPSA) is 112 Å². The number of amides is 1. The van der Waals surface area contributed by atoms with Crippen LogP contribution >= 0.6 is 0 Å². The van der Waals surface area contributed by atoms with Crippen molar-refractivity contribution in [1.29, 1.82) is 0 Å². The Morgan fingerprint density at radius 2 is 1.97 bits per heavy atom. The van der Waals surface area contributed by atoms with Crippen molar-refractivity contribution in [3.8, 4) is 0 Å². The molecule has 2 aromatic rings. The fourth-order valence-corrected chi connectivity index (χ4v) is 5.00. The van der Waals surface area contributed by atoms with Gasteiger partial charge in [-0.15, -0.1) is 10.2 Å². The maximum Gasteiger partial charge on any atom is 0.273 e. The molecule has 0 radical (unpaired) electrons. The average molecular weight is 441 g/mol. The first-order chi connectivity index (χ1) is 15.4. The number of aromatic nitrogens is 3. The number of halogens is 1. The molecule has 1 saturated carbocycles. The number of piperidine rings is 1. The van der Waals surface area contributed by atoms with E-state index in [0.717, 1.165) is 58.3 Å². The Hall–Kier alpha value is -3.01. The fourth-order valence-electron chi connectivity index (χ4n) is 5.00. The zero-order valence-electron chi connectivity index (χ0n) is 18.3. The van der Waals surface area contributed by atoms with Gasteiger partial charge in [0, 0.05) is 37.9 Å². The van der Waals surface area contributed by atoms with E-state index >= 15 is 0 Å². The van der Waals surface area contributed by atoms with E-state index in [2.05, 4.69) is 42.7 Å². The van der Waals surface area contributed by atoms with Gasteiger partial charge in [-0.3, -0.25) is 4.79 Å². The van der Waals surface area contributed by atoms with Crippen LogP contribution in [0.2, 0.25) is 0 Å². The molecular weight excluding hydrogens is 411 g/mol. The van der Waals surface area contributed by atoms with Gasteiger partial charge in [-0.2, -0.15) is 4.98 Å². The minimum absolute atomic E-state index is 0.00417. The molecule has 1 spiro atoms. The van der Waals surface area contributed by atoms with Gasteiger partial charge in [0.25, 0.3) is 5.91 Å². The number of likely N-dealkylation sites (tertiary alicyclic amines) is 1. The lowest BCUT2D eigenvalue weighted by Crippen LogP contribution is -2.58. The number of hydrogen-bond acceptors (Lipinski definition) is 8. The lowest BCUT2D eigenvalue weighted by molar-refractivity contribution is 0.00123. The second kappa shape index (κ2) is 8.16. The molecule has 2 aliphatic heterocycles. The number of benzene rings is 1. The van der Waals surface area contributed by atoms with Crippen LogP contribution in [0.3, 0.4) is 0 Å². The summed E-state index contributed by atoms with van der Waals surface area (Å²) in [6.07, 6.45) is 5.34. The SMILES string of the molecule is CN1CC2(CCN(c3ccc(Nc4nnc(C(N)=O)c(NC5CCC5)n4)cc3F)CC2)C1. The Morgan fingerprint density at radius 1 is 1.22 bits per heavy atom. The van der Waals surface area contributed by atoms with E-state index in [4.69, 9.17) is 5.73 Å². The molecule has 5 rings (SSSR count). The molecule has 32 heavy (non-hydrogen) atoms. The van der Waals surface area contributed by atoms with Crippen LogP contribution in [-0.2, 0) is 0 Å². The van der Waals surface area contributed by atoms with Crippen LogP contribution in [0.4, 0.5) is 27.5 Å². The number of nitrogens with one attached hydrogen (secondary N) is 2. The molecule has 9 nitrogen and oxygen atoms in total. The maximum atomic E-state index is 14.9. The first-order valence-electron chi connectivity index (χ1n) is 11.2. The van der Waals surface area contributed by atoms with Crippen molar-refractivity contribution < 1.29 is 9.18 Å². The van der Waals surface area contributed by atoms with Crippen molar-refractivity contribution in [3.05, 3.63) is 29.7 Å². The predicted octanol–water partition coefficient (Wildman–Crippen LogP) is 2.35. The van der Waals surface area contributed by atoms with E-state index in [1.165, 1.54) is 6.07 Å². The molecule has 0 unspecified atom stereocenters.